The lowest BCUT2D eigenvalue weighted by Crippen LogP contribution is -2.57. The van der Waals surface area contributed by atoms with Crippen LogP contribution in [0.15, 0.2) is 30.3 Å². The molecular weight excluding hydrogens is 560 g/mol. The molecule has 3 aliphatic rings. The lowest BCUT2D eigenvalue weighted by Gasteiger charge is -2.30. The molecule has 0 spiro atoms. The van der Waals surface area contributed by atoms with Gasteiger partial charge in [-0.15, -0.1) is 0 Å². The number of urea groups is 1. The van der Waals surface area contributed by atoms with Gasteiger partial charge in [0.1, 0.15) is 29.9 Å². The van der Waals surface area contributed by atoms with Crippen LogP contribution >= 0.6 is 0 Å². The van der Waals surface area contributed by atoms with Crippen molar-refractivity contribution in [1.29, 1.82) is 0 Å². The number of carbonyl (C=O) groups excluding carboxylic acids is 5. The molecule has 0 radical (unpaired) electrons. The van der Waals surface area contributed by atoms with E-state index in [1.54, 1.807) is 41.5 Å². The summed E-state index contributed by atoms with van der Waals surface area (Å²) in [7, 11) is 0. The first kappa shape index (κ1) is 31.9. The smallest absolute Gasteiger partial charge is 0.411 e. The maximum atomic E-state index is 13.2. The number of hydroxylamine groups is 2. The highest BCUT2D eigenvalue weighted by Crippen LogP contribution is 2.30. The van der Waals surface area contributed by atoms with Crippen LogP contribution < -0.4 is 16.2 Å². The highest BCUT2D eigenvalue weighted by Gasteiger charge is 2.48. The molecule has 2 bridgehead atoms. The number of fused-ring (bicyclic) bond motifs is 2. The molecule has 14 nitrogen and oxygen atoms in total. The van der Waals surface area contributed by atoms with E-state index in [-0.39, 0.29) is 25.6 Å². The van der Waals surface area contributed by atoms with Crippen LogP contribution in [-0.4, -0.2) is 93.4 Å². The Kier molecular flexibility index (Phi) is 9.38. The molecule has 4 rings (SSSR count). The van der Waals surface area contributed by atoms with E-state index in [1.807, 2.05) is 30.3 Å². The van der Waals surface area contributed by atoms with Gasteiger partial charge in [-0.05, 0) is 66.4 Å². The van der Waals surface area contributed by atoms with Crippen molar-refractivity contribution in [3.8, 4) is 0 Å². The first-order chi connectivity index (χ1) is 20.1. The first-order valence-electron chi connectivity index (χ1n) is 14.5. The van der Waals surface area contributed by atoms with Crippen molar-refractivity contribution in [3.05, 3.63) is 35.9 Å². The summed E-state index contributed by atoms with van der Waals surface area (Å²) in [6.45, 7) is 10.8. The highest BCUT2D eigenvalue weighted by molar-refractivity contribution is 5.92. The van der Waals surface area contributed by atoms with E-state index in [2.05, 4.69) is 16.2 Å². The second kappa shape index (κ2) is 12.7. The van der Waals surface area contributed by atoms with Crippen molar-refractivity contribution >= 4 is 30.0 Å². The van der Waals surface area contributed by atoms with Gasteiger partial charge in [-0.3, -0.25) is 30.2 Å². The number of rotatable bonds is 6. The Bertz CT molecular complexity index is 1210. The van der Waals surface area contributed by atoms with Gasteiger partial charge in [0.2, 0.25) is 0 Å². The third kappa shape index (κ3) is 8.27. The van der Waals surface area contributed by atoms with Crippen molar-refractivity contribution in [3.63, 3.8) is 0 Å². The Labute approximate surface area is 251 Å². The van der Waals surface area contributed by atoms with Crippen molar-refractivity contribution in [2.24, 2.45) is 0 Å². The molecule has 3 N–H and O–H groups in total. The molecule has 1 aromatic rings. The molecular formula is C29H42N6O8. The summed E-state index contributed by atoms with van der Waals surface area (Å²) in [6.07, 6.45) is -0.397. The molecule has 3 fully saturated rings. The molecule has 6 amide bonds. The molecule has 1 aromatic carbocycles. The second-order valence-corrected chi connectivity index (χ2v) is 13.0. The minimum Gasteiger partial charge on any atom is -0.444 e. The first-order valence-corrected chi connectivity index (χ1v) is 14.5. The average Bonchev–Trinajstić information content (AvgIpc) is 3.43. The number of hydrogen-bond acceptors (Lipinski definition) is 8. The van der Waals surface area contributed by atoms with Crippen LogP contribution in [0.25, 0.3) is 0 Å². The number of hydrazine groups is 1. The Morgan fingerprint density at radius 1 is 0.860 bits per heavy atom. The van der Waals surface area contributed by atoms with Gasteiger partial charge in [0.05, 0.1) is 12.1 Å². The van der Waals surface area contributed by atoms with Crippen LogP contribution in [0.4, 0.5) is 14.4 Å². The predicted octanol–water partition coefficient (Wildman–Crippen LogP) is 2.44. The number of nitrogens with one attached hydrogen (secondary N) is 3. The van der Waals surface area contributed by atoms with Crippen LogP contribution in [0.5, 0.6) is 0 Å². The van der Waals surface area contributed by atoms with Gasteiger partial charge in [0, 0.05) is 13.1 Å². The highest BCUT2D eigenvalue weighted by atomic mass is 16.7. The van der Waals surface area contributed by atoms with Crippen molar-refractivity contribution in [1.82, 2.24) is 31.0 Å². The van der Waals surface area contributed by atoms with Crippen LogP contribution in [0, 0.1) is 0 Å². The Balaban J connectivity index is 1.34. The maximum absolute atomic E-state index is 13.2. The number of amides is 6. The Hall–Kier alpha value is -4.07. The van der Waals surface area contributed by atoms with Gasteiger partial charge < -0.3 is 19.7 Å². The minimum atomic E-state index is -1.04. The third-order valence-corrected chi connectivity index (χ3v) is 7.10. The predicted molar refractivity (Wildman–Crippen MR) is 153 cm³/mol. The number of alkyl carbamates (subject to hydrolysis) is 1. The van der Waals surface area contributed by atoms with Crippen LogP contribution in [0.2, 0.25) is 0 Å². The molecule has 14 heteroatoms. The SMILES string of the molecule is CC(C)(C)OC(=O)NC1CC(C(=O)NNC(=O)C2CCC3CN2C(=O)N3OCc2ccccc2)N(C(=O)OC(C)(C)C)C1. The average molecular weight is 603 g/mol. The molecule has 0 aromatic heterocycles. The monoisotopic (exact) mass is 602 g/mol. The molecule has 4 atom stereocenters. The molecule has 236 valence electrons. The van der Waals surface area contributed by atoms with Crippen molar-refractivity contribution < 1.29 is 38.3 Å². The fraction of sp³-hybridized carbons (Fsp3) is 0.621. The summed E-state index contributed by atoms with van der Waals surface area (Å²) in [6, 6.07) is 6.44. The largest absolute Gasteiger partial charge is 0.444 e. The molecule has 3 heterocycles. The summed E-state index contributed by atoms with van der Waals surface area (Å²) < 4.78 is 10.8. The van der Waals surface area contributed by atoms with E-state index in [1.165, 1.54) is 14.9 Å². The minimum absolute atomic E-state index is 0.00526. The van der Waals surface area contributed by atoms with Gasteiger partial charge in [0.25, 0.3) is 11.8 Å². The summed E-state index contributed by atoms with van der Waals surface area (Å²) in [5.41, 5.74) is 4.19. The normalized spacial score (nSPS) is 23.6. The van der Waals surface area contributed by atoms with Crippen molar-refractivity contribution in [2.75, 3.05) is 13.1 Å². The molecule has 0 aliphatic carbocycles. The van der Waals surface area contributed by atoms with E-state index >= 15 is 0 Å². The number of benzene rings is 1. The topological polar surface area (TPSA) is 159 Å². The summed E-state index contributed by atoms with van der Waals surface area (Å²) in [5, 5.41) is 4.02. The van der Waals surface area contributed by atoms with Crippen LogP contribution in [0.3, 0.4) is 0 Å². The van der Waals surface area contributed by atoms with Crippen LogP contribution in [0.1, 0.15) is 66.4 Å². The zero-order valence-electron chi connectivity index (χ0n) is 25.5. The quantitative estimate of drug-likeness (QED) is 0.419. The lowest BCUT2D eigenvalue weighted by atomic mass is 10.0. The number of likely N-dealkylation sites (tertiary alicyclic amines) is 1. The second-order valence-electron chi connectivity index (χ2n) is 13.0. The third-order valence-electron chi connectivity index (χ3n) is 7.10. The number of hydrogen-bond donors (Lipinski definition) is 3. The Morgan fingerprint density at radius 2 is 1.49 bits per heavy atom. The van der Waals surface area contributed by atoms with E-state index in [0.29, 0.717) is 19.4 Å². The van der Waals surface area contributed by atoms with Gasteiger partial charge in [-0.1, -0.05) is 30.3 Å². The summed E-state index contributed by atoms with van der Waals surface area (Å²) in [5.74, 6) is -1.22. The number of carbonyl (C=O) groups is 5. The number of ether oxygens (including phenoxy) is 2. The molecule has 3 saturated heterocycles. The lowest BCUT2D eigenvalue weighted by molar-refractivity contribution is -0.140. The van der Waals surface area contributed by atoms with Gasteiger partial charge in [-0.25, -0.2) is 14.4 Å². The fourth-order valence-corrected chi connectivity index (χ4v) is 5.26. The maximum Gasteiger partial charge on any atom is 0.411 e. The Morgan fingerprint density at radius 3 is 2.12 bits per heavy atom. The van der Waals surface area contributed by atoms with Gasteiger partial charge in [0.15, 0.2) is 0 Å². The van der Waals surface area contributed by atoms with E-state index < -0.39 is 59.4 Å². The van der Waals surface area contributed by atoms with E-state index in [4.69, 9.17) is 14.3 Å². The van der Waals surface area contributed by atoms with E-state index in [9.17, 15) is 24.0 Å². The molecule has 43 heavy (non-hydrogen) atoms. The number of nitrogens with zero attached hydrogens (tertiary/aromatic N) is 3. The molecule has 4 unspecified atom stereocenters. The van der Waals surface area contributed by atoms with Gasteiger partial charge in [-0.2, -0.15) is 5.06 Å². The van der Waals surface area contributed by atoms with Gasteiger partial charge >= 0.3 is 18.2 Å². The molecule has 3 aliphatic heterocycles. The number of piperidine rings is 1. The summed E-state index contributed by atoms with van der Waals surface area (Å²) >= 11 is 0. The van der Waals surface area contributed by atoms with Crippen LogP contribution in [-0.2, 0) is 30.5 Å². The zero-order chi connectivity index (χ0) is 31.5. The standard InChI is InChI=1S/C29H42N6O8/c1-28(2,3)42-25(38)30-19-14-22(34(15-19)27(40)43-29(4,5)6)24(37)32-31-23(36)21-13-12-20-16-33(21)26(39)35(20)41-17-18-10-8-7-9-11-18/h7-11,19-22H,12-17H2,1-6H3,(H,30,38)(H,31,36)(H,32,37). The zero-order valence-corrected chi connectivity index (χ0v) is 25.5. The summed E-state index contributed by atoms with van der Waals surface area (Å²) in [4.78, 5) is 73.2. The van der Waals surface area contributed by atoms with E-state index in [0.717, 1.165) is 5.56 Å². The fourth-order valence-electron chi connectivity index (χ4n) is 5.26. The molecule has 0 saturated carbocycles. The van der Waals surface area contributed by atoms with Crippen molar-refractivity contribution in [2.45, 2.75) is 103 Å².